The second kappa shape index (κ2) is 9.38. The van der Waals surface area contributed by atoms with Gasteiger partial charge in [-0.15, -0.1) is 0 Å². The Kier molecular flexibility index (Phi) is 5.99. The zero-order chi connectivity index (χ0) is 22.6. The fourth-order valence-corrected chi connectivity index (χ4v) is 3.88. The summed E-state index contributed by atoms with van der Waals surface area (Å²) in [5.41, 5.74) is 4.65. The Labute approximate surface area is 203 Å². The Morgan fingerprint density at radius 2 is 1.70 bits per heavy atom. The lowest BCUT2D eigenvalue weighted by molar-refractivity contribution is 0.0733. The van der Waals surface area contributed by atoms with Crippen LogP contribution in [0.5, 0.6) is 5.75 Å². The molecule has 0 radical (unpaired) electrons. The van der Waals surface area contributed by atoms with E-state index < -0.39 is 0 Å². The van der Waals surface area contributed by atoms with E-state index in [-0.39, 0.29) is 5.97 Å². The third-order valence-corrected chi connectivity index (χ3v) is 5.87. The minimum Gasteiger partial charge on any atom is -0.436 e. The summed E-state index contributed by atoms with van der Waals surface area (Å²) in [4.78, 5) is 21.5. The van der Waals surface area contributed by atoms with Crippen molar-refractivity contribution in [3.63, 3.8) is 0 Å². The molecule has 0 saturated heterocycles. The average Bonchev–Trinajstić information content (AvgIpc) is 3.29. The van der Waals surface area contributed by atoms with E-state index in [1.165, 1.54) is 0 Å². The Morgan fingerprint density at radius 1 is 0.909 bits per heavy atom. The lowest BCUT2D eigenvalue weighted by Crippen LogP contribution is -2.10. The van der Waals surface area contributed by atoms with Gasteiger partial charge >= 0.3 is 5.97 Å². The molecule has 0 spiro atoms. The summed E-state index contributed by atoms with van der Waals surface area (Å²) in [5.74, 6) is 0.666. The summed E-state index contributed by atoms with van der Waals surface area (Å²) in [6.07, 6.45) is 1.76. The number of halogens is 1. The first-order valence-corrected chi connectivity index (χ1v) is 11.3. The van der Waals surface area contributed by atoms with Gasteiger partial charge in [-0.05, 0) is 94.9 Å². The van der Waals surface area contributed by atoms with Crippen molar-refractivity contribution >= 4 is 51.6 Å². The van der Waals surface area contributed by atoms with Gasteiger partial charge in [0, 0.05) is 15.3 Å². The molecular weight excluding hydrogens is 527 g/mol. The smallest absolute Gasteiger partial charge is 0.344 e. The Balaban J connectivity index is 1.29. The number of hydrogen-bond acceptors (Lipinski definition) is 5. The monoisotopic (exact) mass is 544 g/mol. The normalized spacial score (nSPS) is 11.2. The summed E-state index contributed by atoms with van der Waals surface area (Å²) >= 11 is 2.12. The van der Waals surface area contributed by atoms with Gasteiger partial charge in [0.1, 0.15) is 11.3 Å². The number of ether oxygens (including phenoxy) is 1. The van der Waals surface area contributed by atoms with E-state index in [2.05, 4.69) is 32.6 Å². The lowest BCUT2D eigenvalue weighted by Gasteiger charge is -2.06. The molecule has 0 bridgehead atoms. The van der Waals surface area contributed by atoms with Crippen LogP contribution in [0.4, 0.5) is 5.69 Å². The van der Waals surface area contributed by atoms with Crippen LogP contribution in [0.1, 0.15) is 15.9 Å². The number of benzene rings is 4. The van der Waals surface area contributed by atoms with Crippen molar-refractivity contribution in [3.8, 4) is 17.2 Å². The third-order valence-electron chi connectivity index (χ3n) is 4.93. The number of aliphatic imine (C=N–C) groups is 1. The van der Waals surface area contributed by atoms with Crippen LogP contribution < -0.4 is 4.74 Å². The van der Waals surface area contributed by atoms with Gasteiger partial charge in [0.05, 0.1) is 11.3 Å². The van der Waals surface area contributed by atoms with E-state index >= 15 is 0 Å². The maximum Gasteiger partial charge on any atom is 0.344 e. The van der Waals surface area contributed by atoms with Crippen molar-refractivity contribution < 1.29 is 13.9 Å². The molecule has 0 unspecified atom stereocenters. The number of hydrogen-bond donors (Lipinski definition) is 0. The quantitative estimate of drug-likeness (QED) is 0.103. The molecule has 160 valence electrons. The van der Waals surface area contributed by atoms with Gasteiger partial charge in [-0.2, -0.15) is 0 Å². The van der Waals surface area contributed by atoms with Gasteiger partial charge < -0.3 is 9.15 Å². The van der Waals surface area contributed by atoms with Crippen LogP contribution in [0.25, 0.3) is 22.6 Å². The molecule has 0 N–H and O–H groups in total. The van der Waals surface area contributed by atoms with Crippen LogP contribution in [0.15, 0.2) is 106 Å². The maximum atomic E-state index is 12.4. The molecular formula is C27H17IN2O3. The van der Waals surface area contributed by atoms with E-state index in [9.17, 15) is 4.79 Å². The first kappa shape index (κ1) is 21.1. The molecule has 0 aliphatic rings. The Morgan fingerprint density at radius 3 is 2.52 bits per heavy atom. The van der Waals surface area contributed by atoms with Crippen molar-refractivity contribution in [2.24, 2.45) is 4.99 Å². The number of carbonyl (C=O) groups excluding carboxylic acids is 1. The fourth-order valence-electron chi connectivity index (χ4n) is 3.27. The number of oxazole rings is 1. The fraction of sp³-hybridized carbons (Fsp3) is 0. The number of esters is 1. The molecule has 33 heavy (non-hydrogen) atoms. The first-order valence-electron chi connectivity index (χ1n) is 10.2. The molecule has 5 rings (SSSR count). The largest absolute Gasteiger partial charge is 0.436 e. The molecule has 1 aromatic heterocycles. The summed E-state index contributed by atoms with van der Waals surface area (Å²) in [6, 6.07) is 29.9. The molecule has 0 aliphatic carbocycles. The molecule has 5 aromatic rings. The molecule has 0 amide bonds. The third kappa shape index (κ3) is 4.85. The van der Waals surface area contributed by atoms with Gasteiger partial charge in [0.15, 0.2) is 5.58 Å². The topological polar surface area (TPSA) is 64.7 Å². The molecule has 0 saturated carbocycles. The zero-order valence-electron chi connectivity index (χ0n) is 17.3. The van der Waals surface area contributed by atoms with Gasteiger partial charge in [0.2, 0.25) is 5.89 Å². The number of aromatic nitrogens is 1. The minimum atomic E-state index is -0.377. The number of carbonyl (C=O) groups is 1. The highest BCUT2D eigenvalue weighted by atomic mass is 127. The van der Waals surface area contributed by atoms with Crippen molar-refractivity contribution in [2.75, 3.05) is 0 Å². The Hall–Kier alpha value is -3.78. The number of fused-ring (bicyclic) bond motifs is 1. The standard InChI is InChI=1S/C27H17IN2O3/c28-23-9-2-1-8-22(23)27(31)32-21-14-12-18(13-15-21)17-29-20-7-5-6-19(16-20)26-30-24-10-3-4-11-25(24)33-26/h1-17H. The van der Waals surface area contributed by atoms with Crippen LogP contribution in [0, 0.1) is 3.57 Å². The van der Waals surface area contributed by atoms with Crippen molar-refractivity contribution in [3.05, 3.63) is 112 Å². The van der Waals surface area contributed by atoms with Crippen LogP contribution in [-0.2, 0) is 0 Å². The van der Waals surface area contributed by atoms with Crippen LogP contribution in [-0.4, -0.2) is 17.2 Å². The molecule has 5 nitrogen and oxygen atoms in total. The van der Waals surface area contributed by atoms with Crippen molar-refractivity contribution in [2.45, 2.75) is 0 Å². The second-order valence-electron chi connectivity index (χ2n) is 7.23. The van der Waals surface area contributed by atoms with E-state index in [0.29, 0.717) is 17.2 Å². The van der Waals surface area contributed by atoms with Crippen LogP contribution in [0.2, 0.25) is 0 Å². The molecule has 4 aromatic carbocycles. The average molecular weight is 544 g/mol. The molecule has 6 heteroatoms. The summed E-state index contributed by atoms with van der Waals surface area (Å²) in [5, 5.41) is 0. The summed E-state index contributed by atoms with van der Waals surface area (Å²) in [6.45, 7) is 0. The van der Waals surface area contributed by atoms with Crippen LogP contribution >= 0.6 is 22.6 Å². The minimum absolute atomic E-state index is 0.377. The van der Waals surface area contributed by atoms with E-state index in [1.807, 2.05) is 78.9 Å². The number of nitrogens with zero attached hydrogens (tertiary/aromatic N) is 2. The van der Waals surface area contributed by atoms with Gasteiger partial charge in [-0.25, -0.2) is 9.78 Å². The molecule has 0 atom stereocenters. The second-order valence-corrected chi connectivity index (χ2v) is 8.40. The van der Waals surface area contributed by atoms with E-state index in [0.717, 1.165) is 31.5 Å². The van der Waals surface area contributed by atoms with Crippen molar-refractivity contribution in [1.82, 2.24) is 4.98 Å². The summed E-state index contributed by atoms with van der Waals surface area (Å²) in [7, 11) is 0. The van der Waals surface area contributed by atoms with Crippen LogP contribution in [0.3, 0.4) is 0 Å². The van der Waals surface area contributed by atoms with Gasteiger partial charge in [0.25, 0.3) is 0 Å². The summed E-state index contributed by atoms with van der Waals surface area (Å²) < 4.78 is 12.2. The highest BCUT2D eigenvalue weighted by Gasteiger charge is 2.12. The molecule has 0 aliphatic heterocycles. The maximum absolute atomic E-state index is 12.4. The Bertz CT molecular complexity index is 1440. The predicted molar refractivity (Wildman–Crippen MR) is 137 cm³/mol. The van der Waals surface area contributed by atoms with Gasteiger partial charge in [-0.3, -0.25) is 4.99 Å². The zero-order valence-corrected chi connectivity index (χ0v) is 19.5. The van der Waals surface area contributed by atoms with Crippen molar-refractivity contribution in [1.29, 1.82) is 0 Å². The number of rotatable bonds is 5. The highest BCUT2D eigenvalue weighted by Crippen LogP contribution is 2.27. The van der Waals surface area contributed by atoms with E-state index in [1.54, 1.807) is 24.4 Å². The predicted octanol–water partition coefficient (Wildman–Crippen LogP) is 7.07. The SMILES string of the molecule is O=C(Oc1ccc(C=Nc2cccc(-c3nc4ccccc4o3)c2)cc1)c1ccccc1I. The molecule has 0 fully saturated rings. The lowest BCUT2D eigenvalue weighted by atomic mass is 10.2. The molecule has 1 heterocycles. The highest BCUT2D eigenvalue weighted by molar-refractivity contribution is 14.1. The number of para-hydroxylation sites is 2. The van der Waals surface area contributed by atoms with Gasteiger partial charge in [-0.1, -0.05) is 30.3 Å². The first-order chi connectivity index (χ1) is 16.2. The van der Waals surface area contributed by atoms with E-state index in [4.69, 9.17) is 9.15 Å².